The molecule has 0 radical (unpaired) electrons. The van der Waals surface area contributed by atoms with Crippen molar-refractivity contribution in [2.45, 2.75) is 63.5 Å². The minimum absolute atomic E-state index is 0.0100. The van der Waals surface area contributed by atoms with E-state index >= 15 is 0 Å². The van der Waals surface area contributed by atoms with E-state index in [4.69, 9.17) is 26.3 Å². The highest BCUT2D eigenvalue weighted by Gasteiger charge is 2.25. The van der Waals surface area contributed by atoms with Crippen molar-refractivity contribution >= 4 is 29.3 Å². The lowest BCUT2D eigenvalue weighted by Gasteiger charge is -2.30. The Morgan fingerprint density at radius 2 is 1.75 bits per heavy atom. The van der Waals surface area contributed by atoms with Gasteiger partial charge in [0, 0.05) is 36.8 Å². The zero-order valence-electron chi connectivity index (χ0n) is 18.9. The number of ether oxygens (including phenoxy) is 1. The van der Waals surface area contributed by atoms with Crippen molar-refractivity contribution in [3.63, 3.8) is 0 Å². The van der Waals surface area contributed by atoms with E-state index in [9.17, 15) is 4.79 Å². The molecule has 2 aliphatic carbocycles. The van der Waals surface area contributed by atoms with Crippen LogP contribution in [0.3, 0.4) is 0 Å². The fourth-order valence-corrected chi connectivity index (χ4v) is 4.65. The molecule has 1 amide bonds. The summed E-state index contributed by atoms with van der Waals surface area (Å²) in [5.74, 6) is 2.32. The highest BCUT2D eigenvalue weighted by atomic mass is 35.5. The summed E-state index contributed by atoms with van der Waals surface area (Å²) in [7, 11) is 4.09. The number of amides is 1. The van der Waals surface area contributed by atoms with E-state index in [1.165, 1.54) is 24.1 Å². The van der Waals surface area contributed by atoms with Gasteiger partial charge in [-0.1, -0.05) is 11.6 Å². The summed E-state index contributed by atoms with van der Waals surface area (Å²) in [6, 6.07) is 7.52. The molecule has 7 nitrogen and oxygen atoms in total. The number of aromatic nitrogens is 2. The molecule has 0 saturated heterocycles. The Balaban J connectivity index is 1.25. The summed E-state index contributed by atoms with van der Waals surface area (Å²) in [4.78, 5) is 24.0. The molecule has 0 unspecified atom stereocenters. The summed E-state index contributed by atoms with van der Waals surface area (Å²) in [6.45, 7) is 0.0100. The first-order valence-corrected chi connectivity index (χ1v) is 11.9. The largest absolute Gasteiger partial charge is 0.484 e. The maximum absolute atomic E-state index is 12.3. The normalized spacial score (nSPS) is 20.2. The Bertz CT molecular complexity index is 927. The molecule has 2 aromatic rings. The molecule has 1 heterocycles. The quantitative estimate of drug-likeness (QED) is 0.654. The van der Waals surface area contributed by atoms with Crippen molar-refractivity contribution in [3.8, 4) is 5.75 Å². The number of nitrogens with zero attached hydrogens (tertiary/aromatic N) is 3. The van der Waals surface area contributed by atoms with Crippen LogP contribution < -0.4 is 20.3 Å². The number of rotatable bonds is 7. The van der Waals surface area contributed by atoms with Crippen molar-refractivity contribution in [2.75, 3.05) is 30.9 Å². The van der Waals surface area contributed by atoms with Crippen molar-refractivity contribution in [1.29, 1.82) is 0 Å². The molecule has 1 aromatic heterocycles. The summed E-state index contributed by atoms with van der Waals surface area (Å²) >= 11 is 5.87. The van der Waals surface area contributed by atoms with Crippen molar-refractivity contribution < 1.29 is 9.53 Å². The number of halogens is 1. The van der Waals surface area contributed by atoms with Crippen LogP contribution in [0, 0.1) is 0 Å². The second kappa shape index (κ2) is 10.4. The van der Waals surface area contributed by atoms with E-state index in [2.05, 4.69) is 15.5 Å². The van der Waals surface area contributed by atoms with Gasteiger partial charge in [-0.25, -0.2) is 4.98 Å². The predicted octanol–water partition coefficient (Wildman–Crippen LogP) is 3.99. The average Bonchev–Trinajstić information content (AvgIpc) is 2.79. The van der Waals surface area contributed by atoms with E-state index in [0.29, 0.717) is 16.8 Å². The average molecular weight is 458 g/mol. The summed E-state index contributed by atoms with van der Waals surface area (Å²) < 4.78 is 5.54. The highest BCUT2D eigenvalue weighted by molar-refractivity contribution is 6.30. The molecule has 0 aliphatic heterocycles. The molecular weight excluding hydrogens is 426 g/mol. The lowest BCUT2D eigenvalue weighted by Crippen LogP contribution is -2.42. The first kappa shape index (κ1) is 22.6. The van der Waals surface area contributed by atoms with E-state index in [1.54, 1.807) is 24.3 Å². The molecular formula is C24H32ClN5O2. The van der Waals surface area contributed by atoms with Crippen LogP contribution in [-0.4, -0.2) is 48.7 Å². The second-order valence-electron chi connectivity index (χ2n) is 8.90. The fraction of sp³-hybridized carbons (Fsp3) is 0.542. The summed E-state index contributed by atoms with van der Waals surface area (Å²) in [5.41, 5.74) is 2.50. The molecule has 0 bridgehead atoms. The van der Waals surface area contributed by atoms with Gasteiger partial charge in [0.1, 0.15) is 11.6 Å². The van der Waals surface area contributed by atoms with Crippen LogP contribution in [0.2, 0.25) is 5.02 Å². The van der Waals surface area contributed by atoms with Gasteiger partial charge in [0.05, 0.1) is 5.69 Å². The standard InChI is InChI=1S/C24H32ClN5O2/c1-30(2)23-20-5-3-4-6-21(20)28-24(29-23)27-18-11-9-17(10-12-18)26-22(31)15-32-19-13-7-16(25)8-14-19/h7-8,13-14,17-18H,3-6,9-12,15H2,1-2H3,(H,26,31)(H,27,28,29)/t17-,18+. The molecule has 1 saturated carbocycles. The molecule has 2 aliphatic rings. The van der Waals surface area contributed by atoms with Gasteiger partial charge in [0.2, 0.25) is 5.95 Å². The molecule has 8 heteroatoms. The SMILES string of the molecule is CN(C)c1nc(N[C@H]2CC[C@@H](NC(=O)COc3ccc(Cl)cc3)CC2)nc2c1CCCC2. The Hall–Kier alpha value is -2.54. The third-order valence-corrected chi connectivity index (χ3v) is 6.45. The Labute approximate surface area is 194 Å². The lowest BCUT2D eigenvalue weighted by atomic mass is 9.91. The Morgan fingerprint density at radius 1 is 1.06 bits per heavy atom. The number of carbonyl (C=O) groups excluding carboxylic acids is 1. The molecule has 172 valence electrons. The highest BCUT2D eigenvalue weighted by Crippen LogP contribution is 2.29. The lowest BCUT2D eigenvalue weighted by molar-refractivity contribution is -0.124. The minimum atomic E-state index is -0.0926. The molecule has 2 N–H and O–H groups in total. The number of hydrogen-bond donors (Lipinski definition) is 2. The van der Waals surface area contributed by atoms with Crippen LogP contribution in [0.5, 0.6) is 5.75 Å². The van der Waals surface area contributed by atoms with Crippen molar-refractivity contribution in [2.24, 2.45) is 0 Å². The van der Waals surface area contributed by atoms with Gasteiger partial charge in [0.25, 0.3) is 5.91 Å². The number of benzene rings is 1. The maximum atomic E-state index is 12.3. The Morgan fingerprint density at radius 3 is 2.47 bits per heavy atom. The summed E-state index contributed by atoms with van der Waals surface area (Å²) in [6.07, 6.45) is 8.31. The maximum Gasteiger partial charge on any atom is 0.258 e. The van der Waals surface area contributed by atoms with E-state index < -0.39 is 0 Å². The topological polar surface area (TPSA) is 79.4 Å². The zero-order valence-corrected chi connectivity index (χ0v) is 19.6. The molecule has 0 spiro atoms. The van der Waals surface area contributed by atoms with E-state index in [0.717, 1.165) is 50.3 Å². The van der Waals surface area contributed by atoms with Gasteiger partial charge in [-0.2, -0.15) is 4.98 Å². The first-order chi connectivity index (χ1) is 15.5. The third kappa shape index (κ3) is 5.82. The van der Waals surface area contributed by atoms with E-state index in [-0.39, 0.29) is 18.6 Å². The van der Waals surface area contributed by atoms with Crippen LogP contribution in [0.1, 0.15) is 49.8 Å². The van der Waals surface area contributed by atoms with Crippen LogP contribution in [0.15, 0.2) is 24.3 Å². The van der Waals surface area contributed by atoms with Gasteiger partial charge < -0.3 is 20.3 Å². The minimum Gasteiger partial charge on any atom is -0.484 e. The van der Waals surface area contributed by atoms with Gasteiger partial charge in [-0.3, -0.25) is 4.79 Å². The van der Waals surface area contributed by atoms with Gasteiger partial charge in [-0.15, -0.1) is 0 Å². The number of nitrogens with one attached hydrogen (secondary N) is 2. The molecule has 32 heavy (non-hydrogen) atoms. The summed E-state index contributed by atoms with van der Waals surface area (Å²) in [5, 5.41) is 7.29. The van der Waals surface area contributed by atoms with Crippen LogP contribution in [0.4, 0.5) is 11.8 Å². The number of carbonyl (C=O) groups is 1. The van der Waals surface area contributed by atoms with Crippen molar-refractivity contribution in [1.82, 2.24) is 15.3 Å². The number of hydrogen-bond acceptors (Lipinski definition) is 6. The fourth-order valence-electron chi connectivity index (χ4n) is 4.52. The number of aryl methyl sites for hydroxylation is 1. The smallest absolute Gasteiger partial charge is 0.258 e. The van der Waals surface area contributed by atoms with Crippen LogP contribution >= 0.6 is 11.6 Å². The second-order valence-corrected chi connectivity index (χ2v) is 9.34. The molecule has 1 aromatic carbocycles. The molecule has 4 rings (SSSR count). The van der Waals surface area contributed by atoms with Crippen LogP contribution in [-0.2, 0) is 17.6 Å². The molecule has 0 atom stereocenters. The monoisotopic (exact) mass is 457 g/mol. The Kier molecular flexibility index (Phi) is 7.35. The van der Waals surface area contributed by atoms with Gasteiger partial charge in [-0.05, 0) is 75.6 Å². The number of fused-ring (bicyclic) bond motifs is 1. The van der Waals surface area contributed by atoms with Gasteiger partial charge in [0.15, 0.2) is 6.61 Å². The predicted molar refractivity (Wildman–Crippen MR) is 128 cm³/mol. The van der Waals surface area contributed by atoms with E-state index in [1.807, 2.05) is 14.1 Å². The third-order valence-electron chi connectivity index (χ3n) is 6.19. The van der Waals surface area contributed by atoms with Crippen LogP contribution in [0.25, 0.3) is 0 Å². The number of anilines is 2. The zero-order chi connectivity index (χ0) is 22.5. The van der Waals surface area contributed by atoms with Gasteiger partial charge >= 0.3 is 0 Å². The first-order valence-electron chi connectivity index (χ1n) is 11.5. The van der Waals surface area contributed by atoms with Crippen molar-refractivity contribution in [3.05, 3.63) is 40.5 Å². The molecule has 1 fully saturated rings.